The summed E-state index contributed by atoms with van der Waals surface area (Å²) in [6.07, 6.45) is -6.95. The molecular weight excluding hydrogens is 797 g/mol. The number of hydrogen-bond acceptors (Lipinski definition) is 18. The van der Waals surface area contributed by atoms with Gasteiger partial charge in [-0.05, 0) is 65.6 Å². The molecule has 21 nitrogen and oxygen atoms in total. The van der Waals surface area contributed by atoms with E-state index in [9.17, 15) is 39.0 Å². The number of aromatic hydroxyl groups is 2. The predicted molar refractivity (Wildman–Crippen MR) is 206 cm³/mol. The third-order valence-electron chi connectivity index (χ3n) is 9.16. The average Bonchev–Trinajstić information content (AvgIpc) is 3.61. The van der Waals surface area contributed by atoms with Crippen LogP contribution in [0.4, 0.5) is 0 Å². The van der Waals surface area contributed by atoms with E-state index in [1.165, 1.54) is 12.1 Å². The molecule has 2 amide bonds. The van der Waals surface area contributed by atoms with Crippen LogP contribution in [0.5, 0.6) is 11.8 Å². The van der Waals surface area contributed by atoms with E-state index in [2.05, 4.69) is 10.6 Å². The van der Waals surface area contributed by atoms with Crippen LogP contribution in [-0.2, 0) is 67.0 Å². The second-order valence-corrected chi connectivity index (χ2v) is 14.4. The monoisotopic (exact) mass is 851 g/mol. The van der Waals surface area contributed by atoms with Crippen molar-refractivity contribution >= 4 is 48.3 Å². The van der Waals surface area contributed by atoms with E-state index in [1.54, 1.807) is 26.0 Å². The number of rotatable bonds is 23. The van der Waals surface area contributed by atoms with Gasteiger partial charge in [-0.2, -0.15) is 0 Å². The zero-order valence-corrected chi connectivity index (χ0v) is 35.0. The summed E-state index contributed by atoms with van der Waals surface area (Å²) in [5, 5.41) is 24.9. The fourth-order valence-electron chi connectivity index (χ4n) is 5.50. The number of ether oxygens (including phenoxy) is 3. The van der Waals surface area contributed by atoms with Crippen molar-refractivity contribution in [1.29, 1.82) is 0 Å². The van der Waals surface area contributed by atoms with Gasteiger partial charge in [-0.1, -0.05) is 12.1 Å². The van der Waals surface area contributed by atoms with Gasteiger partial charge in [-0.3, -0.25) is 24.0 Å². The Morgan fingerprint density at radius 3 is 1.87 bits per heavy atom. The molecule has 0 spiro atoms. The minimum Gasteiger partial charge on any atom is -0.492 e. The predicted octanol–water partition coefficient (Wildman–Crippen LogP) is 0.949. The van der Waals surface area contributed by atoms with Crippen molar-refractivity contribution in [3.8, 4) is 11.8 Å². The van der Waals surface area contributed by atoms with Gasteiger partial charge in [0.25, 0.3) is 5.91 Å². The molecule has 22 heteroatoms. The zero-order valence-electron chi connectivity index (χ0n) is 35.0. The molecule has 1 aliphatic heterocycles. The van der Waals surface area contributed by atoms with E-state index in [-0.39, 0.29) is 25.2 Å². The summed E-state index contributed by atoms with van der Waals surface area (Å²) in [4.78, 5) is 103. The van der Waals surface area contributed by atoms with Crippen molar-refractivity contribution in [2.75, 3.05) is 26.4 Å². The maximum Gasteiger partial charge on any atom is 0.494 e. The molecule has 332 valence electrons. The van der Waals surface area contributed by atoms with Crippen LogP contribution in [0, 0.1) is 0 Å². The Morgan fingerprint density at radius 2 is 1.33 bits per heavy atom. The molecule has 60 heavy (non-hydrogen) atoms. The second kappa shape index (κ2) is 22.4. The maximum absolute atomic E-state index is 13.9. The van der Waals surface area contributed by atoms with Crippen molar-refractivity contribution in [2.45, 2.75) is 117 Å². The van der Waals surface area contributed by atoms with Crippen LogP contribution in [0.2, 0.25) is 0 Å². The SMILES string of the molecule is CCOO[C@H]([C@@H](OC(C)=O)[C@H](COC(C)=O)OOCC)[C@@H](CNC(=O)[C@H](CCC(=O)On1c(O)ccc1O)NC(=O)c1ccc(B2OC(C)(C)C(C)(C)O2)cc1)OC(C)=O. The molecule has 1 saturated heterocycles. The molecule has 0 aliphatic carbocycles. The van der Waals surface area contributed by atoms with Gasteiger partial charge in [0.1, 0.15) is 12.6 Å². The molecule has 4 N–H and O–H groups in total. The summed E-state index contributed by atoms with van der Waals surface area (Å²) in [5.41, 5.74) is -0.462. The highest BCUT2D eigenvalue weighted by molar-refractivity contribution is 6.62. The van der Waals surface area contributed by atoms with Crippen LogP contribution in [0.15, 0.2) is 36.4 Å². The molecule has 1 aromatic carbocycles. The average molecular weight is 852 g/mol. The van der Waals surface area contributed by atoms with Gasteiger partial charge in [-0.25, -0.2) is 24.3 Å². The number of amides is 2. The van der Waals surface area contributed by atoms with Gasteiger partial charge in [0, 0.05) is 38.5 Å². The standard InChI is InChI=1S/C38H54BN3O18/c1-10-52-57-29(21-51-22(3)43)33(55-24(5)45)34(58-53-11-2)28(54-23(4)44)20-40-36(50)27(16-19-32(48)56-42-30(46)17-18-31(42)47)41-35(49)25-12-14-26(15-13-25)39-59-37(6,7)38(8,9)60-39/h12-15,17-18,27-29,33-34,46-47H,10-11,16,19-21H2,1-9H3,(H,40,50)(H,41,49)/t27-,28+,29-,33-,34-/m0/s1. The first-order valence-corrected chi connectivity index (χ1v) is 19.1. The summed E-state index contributed by atoms with van der Waals surface area (Å²) in [6, 6.07) is 6.94. The first-order valence-electron chi connectivity index (χ1n) is 19.1. The summed E-state index contributed by atoms with van der Waals surface area (Å²) in [7, 11) is -0.709. The first kappa shape index (κ1) is 49.1. The molecule has 0 radical (unpaired) electrons. The van der Waals surface area contributed by atoms with E-state index in [4.69, 9.17) is 47.9 Å². The van der Waals surface area contributed by atoms with Gasteiger partial charge in [0.05, 0.1) is 37.4 Å². The minimum absolute atomic E-state index is 0.0162. The summed E-state index contributed by atoms with van der Waals surface area (Å²) in [5.74, 6) is -6.23. The van der Waals surface area contributed by atoms with Gasteiger partial charge in [-0.15, -0.1) is 4.73 Å². The van der Waals surface area contributed by atoms with E-state index in [0.29, 0.717) is 10.2 Å². The Morgan fingerprint density at radius 1 is 0.767 bits per heavy atom. The van der Waals surface area contributed by atoms with E-state index < -0.39 is 116 Å². The van der Waals surface area contributed by atoms with Crippen LogP contribution in [0.1, 0.15) is 85.5 Å². The molecule has 3 rings (SSSR count). The summed E-state index contributed by atoms with van der Waals surface area (Å²) in [6.45, 7) is 12.9. The maximum atomic E-state index is 13.9. The third kappa shape index (κ3) is 14.2. The zero-order chi connectivity index (χ0) is 44.8. The minimum atomic E-state index is -1.58. The fraction of sp³-hybridized carbons (Fsp3) is 0.579. The molecule has 5 atom stereocenters. The Hall–Kier alpha value is -5.26. The molecule has 0 unspecified atom stereocenters. The topological polar surface area (TPSA) is 264 Å². The van der Waals surface area contributed by atoms with Crippen LogP contribution in [0.3, 0.4) is 0 Å². The molecule has 1 aromatic heterocycles. The van der Waals surface area contributed by atoms with Crippen molar-refractivity contribution in [3.05, 3.63) is 42.0 Å². The number of carbonyl (C=O) groups excluding carboxylic acids is 6. The molecule has 2 aromatic rings. The number of hydrogen-bond donors (Lipinski definition) is 4. The van der Waals surface area contributed by atoms with Crippen molar-refractivity contribution in [3.63, 3.8) is 0 Å². The lowest BCUT2D eigenvalue weighted by Gasteiger charge is -2.34. The van der Waals surface area contributed by atoms with E-state index >= 15 is 0 Å². The van der Waals surface area contributed by atoms with Gasteiger partial charge >= 0.3 is 31.0 Å². The molecule has 0 bridgehead atoms. The van der Waals surface area contributed by atoms with Crippen molar-refractivity contribution in [2.24, 2.45) is 0 Å². The van der Waals surface area contributed by atoms with Gasteiger partial charge < -0.3 is 49.2 Å². The second-order valence-electron chi connectivity index (χ2n) is 14.4. The smallest absolute Gasteiger partial charge is 0.492 e. The van der Waals surface area contributed by atoms with Crippen LogP contribution in [0.25, 0.3) is 0 Å². The van der Waals surface area contributed by atoms with Crippen LogP contribution >= 0.6 is 0 Å². The third-order valence-corrected chi connectivity index (χ3v) is 9.16. The molecular formula is C38H54BN3O18. The highest BCUT2D eigenvalue weighted by atomic mass is 17.2. The lowest BCUT2D eigenvalue weighted by atomic mass is 9.79. The number of benzene rings is 1. The molecule has 1 fully saturated rings. The first-order chi connectivity index (χ1) is 28.2. The Bertz CT molecular complexity index is 1750. The van der Waals surface area contributed by atoms with Crippen LogP contribution in [-0.4, -0.2) is 126 Å². The van der Waals surface area contributed by atoms with E-state index in [1.807, 2.05) is 27.7 Å². The Labute approximate surface area is 347 Å². The Kier molecular flexibility index (Phi) is 18.3. The number of esters is 3. The Balaban J connectivity index is 1.91. The number of carbonyl (C=O) groups is 6. The van der Waals surface area contributed by atoms with Gasteiger partial charge in [0.15, 0.2) is 24.4 Å². The van der Waals surface area contributed by atoms with Gasteiger partial charge in [0.2, 0.25) is 17.7 Å². The molecule has 0 saturated carbocycles. The summed E-state index contributed by atoms with van der Waals surface area (Å²) >= 11 is 0. The molecule has 1 aliphatic rings. The molecule has 2 heterocycles. The fourth-order valence-corrected chi connectivity index (χ4v) is 5.50. The lowest BCUT2D eigenvalue weighted by Crippen LogP contribution is -2.56. The highest BCUT2D eigenvalue weighted by Crippen LogP contribution is 2.36. The van der Waals surface area contributed by atoms with E-state index in [0.717, 1.165) is 32.9 Å². The number of aromatic nitrogens is 1. The van der Waals surface area contributed by atoms with Crippen LogP contribution < -0.4 is 20.9 Å². The number of nitrogens with one attached hydrogen (secondary N) is 2. The van der Waals surface area contributed by atoms with Crippen molar-refractivity contribution < 1.29 is 86.9 Å². The highest BCUT2D eigenvalue weighted by Gasteiger charge is 2.51. The quantitative estimate of drug-likeness (QED) is 0.0399. The number of nitrogens with zero attached hydrogens (tertiary/aromatic N) is 1. The lowest BCUT2D eigenvalue weighted by molar-refractivity contribution is -0.383. The largest absolute Gasteiger partial charge is 0.494 e. The van der Waals surface area contributed by atoms with Crippen molar-refractivity contribution in [1.82, 2.24) is 15.4 Å². The normalized spacial score (nSPS) is 16.7. The summed E-state index contributed by atoms with van der Waals surface area (Å²) < 4.78 is 28.7.